The van der Waals surface area contributed by atoms with E-state index in [9.17, 15) is 8.42 Å². The van der Waals surface area contributed by atoms with E-state index < -0.39 is 10.0 Å². The second-order valence-corrected chi connectivity index (χ2v) is 7.73. The first-order chi connectivity index (χ1) is 10.9. The summed E-state index contributed by atoms with van der Waals surface area (Å²) in [6.07, 6.45) is 0.710. The van der Waals surface area contributed by atoms with Crippen LogP contribution in [0.3, 0.4) is 0 Å². The fourth-order valence-corrected chi connectivity index (χ4v) is 4.81. The lowest BCUT2D eigenvalue weighted by Gasteiger charge is -2.24. The van der Waals surface area contributed by atoms with Crippen LogP contribution in [0.1, 0.15) is 19.4 Å². The fourth-order valence-electron chi connectivity index (χ4n) is 2.93. The highest BCUT2D eigenvalue weighted by Crippen LogP contribution is 2.37. The molecule has 0 N–H and O–H groups in total. The van der Waals surface area contributed by atoms with Crippen molar-refractivity contribution in [2.75, 3.05) is 10.9 Å². The molecule has 6 heteroatoms. The maximum atomic E-state index is 13.1. The van der Waals surface area contributed by atoms with Crippen LogP contribution in [0.4, 0.5) is 5.69 Å². The van der Waals surface area contributed by atoms with Crippen molar-refractivity contribution in [3.8, 4) is 5.75 Å². The summed E-state index contributed by atoms with van der Waals surface area (Å²) in [6, 6.07) is 12.0. The van der Waals surface area contributed by atoms with E-state index in [1.54, 1.807) is 6.07 Å². The van der Waals surface area contributed by atoms with Gasteiger partial charge in [0.25, 0.3) is 10.0 Å². The van der Waals surface area contributed by atoms with E-state index in [-0.39, 0.29) is 10.9 Å². The minimum absolute atomic E-state index is 0.122. The molecule has 2 aromatic rings. The number of nitrogens with zero attached hydrogens (tertiary/aromatic N) is 1. The van der Waals surface area contributed by atoms with E-state index in [1.807, 2.05) is 38.1 Å². The molecule has 0 aliphatic carbocycles. The van der Waals surface area contributed by atoms with Gasteiger partial charge in [-0.2, -0.15) is 0 Å². The Kier molecular flexibility index (Phi) is 4.25. The van der Waals surface area contributed by atoms with Gasteiger partial charge in [-0.05, 0) is 44.0 Å². The number of anilines is 1. The molecule has 1 heterocycles. The summed E-state index contributed by atoms with van der Waals surface area (Å²) in [4.78, 5) is 0.189. The van der Waals surface area contributed by atoms with Crippen molar-refractivity contribution in [1.29, 1.82) is 0 Å². The maximum Gasteiger partial charge on any atom is 0.264 e. The Hall–Kier alpha value is -1.72. The van der Waals surface area contributed by atoms with Crippen LogP contribution in [0.15, 0.2) is 47.4 Å². The van der Waals surface area contributed by atoms with E-state index in [2.05, 4.69) is 0 Å². The van der Waals surface area contributed by atoms with Crippen LogP contribution in [0.2, 0.25) is 5.02 Å². The summed E-state index contributed by atoms with van der Waals surface area (Å²) in [5.41, 5.74) is 1.79. The number of rotatable bonds is 4. The average molecular weight is 352 g/mol. The second-order valence-electron chi connectivity index (χ2n) is 5.51. The largest absolute Gasteiger partial charge is 0.492 e. The summed E-state index contributed by atoms with van der Waals surface area (Å²) in [7, 11) is -3.66. The van der Waals surface area contributed by atoms with Crippen molar-refractivity contribution in [1.82, 2.24) is 0 Å². The molecule has 1 atom stereocenters. The Labute approximate surface area is 141 Å². The molecule has 1 unspecified atom stereocenters. The Morgan fingerprint density at radius 3 is 2.74 bits per heavy atom. The third-order valence-corrected chi connectivity index (χ3v) is 6.14. The molecule has 3 rings (SSSR count). The molecular formula is C17H18ClNO3S. The minimum Gasteiger partial charge on any atom is -0.492 e. The lowest BCUT2D eigenvalue weighted by molar-refractivity contribution is 0.339. The predicted octanol–water partition coefficient (Wildman–Crippen LogP) is 3.88. The van der Waals surface area contributed by atoms with Gasteiger partial charge in [0.1, 0.15) is 5.75 Å². The lowest BCUT2D eigenvalue weighted by Crippen LogP contribution is -2.35. The number of hydrogen-bond acceptors (Lipinski definition) is 3. The predicted molar refractivity (Wildman–Crippen MR) is 91.9 cm³/mol. The molecule has 0 fully saturated rings. The summed E-state index contributed by atoms with van der Waals surface area (Å²) in [5.74, 6) is 0.385. The summed E-state index contributed by atoms with van der Waals surface area (Å²) < 4.78 is 33.1. The van der Waals surface area contributed by atoms with Crippen LogP contribution >= 0.6 is 11.6 Å². The van der Waals surface area contributed by atoms with Gasteiger partial charge in [-0.3, -0.25) is 4.31 Å². The average Bonchev–Trinajstić information content (AvgIpc) is 2.85. The van der Waals surface area contributed by atoms with Crippen LogP contribution in [0.25, 0.3) is 0 Å². The molecule has 0 aromatic heterocycles. The Morgan fingerprint density at radius 1 is 1.26 bits per heavy atom. The van der Waals surface area contributed by atoms with Gasteiger partial charge in [-0.15, -0.1) is 0 Å². The quantitative estimate of drug-likeness (QED) is 0.839. The Bertz CT molecular complexity index is 835. The Morgan fingerprint density at radius 2 is 2.00 bits per heavy atom. The standard InChI is InChI=1S/C17H18ClNO3S/c1-3-22-17-11-14(8-9-15(17)18)23(20,21)19-12(2)10-13-6-4-5-7-16(13)19/h4-9,11-12H,3,10H2,1-2H3. The van der Waals surface area contributed by atoms with Crippen molar-refractivity contribution >= 4 is 27.3 Å². The maximum absolute atomic E-state index is 13.1. The monoisotopic (exact) mass is 351 g/mol. The number of para-hydroxylation sites is 1. The smallest absolute Gasteiger partial charge is 0.264 e. The van der Waals surface area contributed by atoms with Gasteiger partial charge in [0.05, 0.1) is 22.2 Å². The molecule has 23 heavy (non-hydrogen) atoms. The molecule has 4 nitrogen and oxygen atoms in total. The summed E-state index contributed by atoms with van der Waals surface area (Å²) >= 11 is 6.06. The number of ether oxygens (including phenoxy) is 1. The molecule has 0 saturated heterocycles. The third-order valence-electron chi connectivity index (χ3n) is 3.90. The van der Waals surface area contributed by atoms with Gasteiger partial charge in [0, 0.05) is 12.1 Å². The van der Waals surface area contributed by atoms with Crippen molar-refractivity contribution in [2.24, 2.45) is 0 Å². The van der Waals surface area contributed by atoms with E-state index in [0.29, 0.717) is 23.8 Å². The van der Waals surface area contributed by atoms with Crippen molar-refractivity contribution in [3.63, 3.8) is 0 Å². The first-order valence-corrected chi connectivity index (χ1v) is 9.31. The summed E-state index contributed by atoms with van der Waals surface area (Å²) in [6.45, 7) is 4.17. The van der Waals surface area contributed by atoms with Crippen LogP contribution in [-0.2, 0) is 16.4 Å². The van der Waals surface area contributed by atoms with E-state index in [4.69, 9.17) is 16.3 Å². The minimum atomic E-state index is -3.66. The van der Waals surface area contributed by atoms with Gasteiger partial charge in [-0.1, -0.05) is 29.8 Å². The van der Waals surface area contributed by atoms with Crippen LogP contribution in [0.5, 0.6) is 5.75 Å². The SMILES string of the molecule is CCOc1cc(S(=O)(=O)N2c3ccccc3CC2C)ccc1Cl. The highest BCUT2D eigenvalue weighted by Gasteiger charge is 2.36. The van der Waals surface area contributed by atoms with Crippen LogP contribution in [0, 0.1) is 0 Å². The Balaban J connectivity index is 2.07. The van der Waals surface area contributed by atoms with E-state index >= 15 is 0 Å². The second kappa shape index (κ2) is 6.06. The molecule has 2 aromatic carbocycles. The zero-order valence-electron chi connectivity index (χ0n) is 13.0. The van der Waals surface area contributed by atoms with Gasteiger partial charge in [0.15, 0.2) is 0 Å². The molecule has 122 valence electrons. The highest BCUT2D eigenvalue weighted by molar-refractivity contribution is 7.92. The first kappa shape index (κ1) is 16.1. The number of halogens is 1. The molecule has 1 aliphatic heterocycles. The zero-order chi connectivity index (χ0) is 16.6. The molecular weight excluding hydrogens is 334 g/mol. The molecule has 0 saturated carbocycles. The molecule has 0 spiro atoms. The van der Waals surface area contributed by atoms with Gasteiger partial charge in [-0.25, -0.2) is 8.42 Å². The highest BCUT2D eigenvalue weighted by atomic mass is 35.5. The zero-order valence-corrected chi connectivity index (χ0v) is 14.6. The van der Waals surface area contributed by atoms with Gasteiger partial charge >= 0.3 is 0 Å². The van der Waals surface area contributed by atoms with E-state index in [1.165, 1.54) is 16.4 Å². The molecule has 0 bridgehead atoms. The van der Waals surface area contributed by atoms with Crippen LogP contribution < -0.4 is 9.04 Å². The number of fused-ring (bicyclic) bond motifs is 1. The number of hydrogen-bond donors (Lipinski definition) is 0. The first-order valence-electron chi connectivity index (χ1n) is 7.50. The van der Waals surface area contributed by atoms with Crippen molar-refractivity contribution in [2.45, 2.75) is 31.2 Å². The summed E-state index contributed by atoms with van der Waals surface area (Å²) in [5, 5.41) is 0.403. The number of sulfonamides is 1. The lowest BCUT2D eigenvalue weighted by atomic mass is 10.1. The number of benzene rings is 2. The van der Waals surface area contributed by atoms with Crippen molar-refractivity contribution in [3.05, 3.63) is 53.1 Å². The molecule has 0 amide bonds. The fraction of sp³-hybridized carbons (Fsp3) is 0.294. The normalized spacial score (nSPS) is 17.2. The van der Waals surface area contributed by atoms with Crippen molar-refractivity contribution < 1.29 is 13.2 Å². The van der Waals surface area contributed by atoms with Gasteiger partial charge < -0.3 is 4.74 Å². The third kappa shape index (κ3) is 2.79. The van der Waals surface area contributed by atoms with Gasteiger partial charge in [0.2, 0.25) is 0 Å². The topological polar surface area (TPSA) is 46.6 Å². The molecule has 1 aliphatic rings. The molecule has 0 radical (unpaired) electrons. The van der Waals surface area contributed by atoms with Crippen LogP contribution in [-0.4, -0.2) is 21.1 Å². The van der Waals surface area contributed by atoms with E-state index in [0.717, 1.165) is 11.3 Å².